The molecule has 0 bridgehead atoms. The molecule has 0 spiro atoms. The highest BCUT2D eigenvalue weighted by Crippen LogP contribution is 2.25. The van der Waals surface area contributed by atoms with Crippen LogP contribution in [0, 0.1) is 0 Å². The van der Waals surface area contributed by atoms with Crippen molar-refractivity contribution in [2.24, 2.45) is 0 Å². The molecule has 0 unspecified atom stereocenters. The summed E-state index contributed by atoms with van der Waals surface area (Å²) in [6.45, 7) is 2.00. The molecule has 0 fully saturated rings. The maximum atomic E-state index is 12.1. The minimum Gasteiger partial charge on any atom is -0.459 e. The number of carbonyl (C=O) groups is 2. The quantitative estimate of drug-likeness (QED) is 0.505. The predicted molar refractivity (Wildman–Crippen MR) is 87.4 cm³/mol. The lowest BCUT2D eigenvalue weighted by Crippen LogP contribution is -2.14. The third-order valence-electron chi connectivity index (χ3n) is 2.60. The van der Waals surface area contributed by atoms with Gasteiger partial charge in [-0.2, -0.15) is 4.98 Å². The molecule has 0 aliphatic carbocycles. The Labute approximate surface area is 143 Å². The molecule has 0 radical (unpaired) electrons. The number of furan rings is 1. The van der Waals surface area contributed by atoms with Crippen LogP contribution in [-0.2, 0) is 0 Å². The molecule has 3 rings (SSSR count). The molecule has 11 heteroatoms. The Morgan fingerprint density at radius 3 is 2.88 bits per heavy atom. The monoisotopic (exact) mass is 365 g/mol. The van der Waals surface area contributed by atoms with Gasteiger partial charge in [-0.1, -0.05) is 30.0 Å². The van der Waals surface area contributed by atoms with E-state index in [1.165, 1.54) is 35.4 Å². The Bertz CT molecular complexity index is 842. The van der Waals surface area contributed by atoms with Crippen LogP contribution in [0.1, 0.15) is 28.0 Å². The van der Waals surface area contributed by atoms with Crippen molar-refractivity contribution in [1.29, 1.82) is 0 Å². The molecule has 2 amide bonds. The van der Waals surface area contributed by atoms with Crippen molar-refractivity contribution in [2.75, 3.05) is 16.4 Å². The second-order valence-corrected chi connectivity index (χ2v) is 6.72. The summed E-state index contributed by atoms with van der Waals surface area (Å²) in [5.41, 5.74) is 0.00430. The van der Waals surface area contributed by atoms with Crippen LogP contribution >= 0.6 is 23.1 Å². The number of hydrogen-bond acceptors (Lipinski definition) is 9. The van der Waals surface area contributed by atoms with Crippen molar-refractivity contribution in [3.8, 4) is 0 Å². The van der Waals surface area contributed by atoms with Crippen LogP contribution in [0.25, 0.3) is 0 Å². The van der Waals surface area contributed by atoms with E-state index in [9.17, 15) is 9.59 Å². The summed E-state index contributed by atoms with van der Waals surface area (Å²) in [7, 11) is 0. The third kappa shape index (κ3) is 3.81. The van der Waals surface area contributed by atoms with Gasteiger partial charge in [-0.05, 0) is 17.9 Å². The highest BCUT2D eigenvalue weighted by Gasteiger charge is 2.17. The number of aromatic nitrogens is 3. The van der Waals surface area contributed by atoms with Gasteiger partial charge in [0, 0.05) is 0 Å². The number of oxazole rings is 1. The number of carbonyl (C=O) groups excluding carboxylic acids is 2. The topological polar surface area (TPSA) is 123 Å². The van der Waals surface area contributed by atoms with E-state index in [1.54, 1.807) is 6.07 Å². The molecular formula is C13H11N5O4S2. The van der Waals surface area contributed by atoms with Crippen LogP contribution < -0.4 is 10.6 Å². The van der Waals surface area contributed by atoms with Gasteiger partial charge in [-0.3, -0.25) is 20.2 Å². The standard InChI is InChI=1S/C13H11N5O4S2/c1-2-23-13-18-17-12(24-13)16-9(19)7-6-22-11(14-7)15-10(20)8-4-3-5-21-8/h3-6H,2H2,1H3,(H,14,15,20)(H,16,17,19). The summed E-state index contributed by atoms with van der Waals surface area (Å²) in [5.74, 6) is -0.0699. The number of rotatable bonds is 6. The first-order valence-electron chi connectivity index (χ1n) is 6.73. The lowest BCUT2D eigenvalue weighted by Gasteiger charge is -1.96. The van der Waals surface area contributed by atoms with Crippen LogP contribution in [0.3, 0.4) is 0 Å². The van der Waals surface area contributed by atoms with Crippen molar-refractivity contribution in [2.45, 2.75) is 11.3 Å². The number of thioether (sulfide) groups is 1. The Morgan fingerprint density at radius 1 is 1.25 bits per heavy atom. The second kappa shape index (κ2) is 7.27. The first-order valence-corrected chi connectivity index (χ1v) is 8.54. The van der Waals surface area contributed by atoms with Crippen LogP contribution in [0.4, 0.5) is 11.1 Å². The normalized spacial score (nSPS) is 10.5. The van der Waals surface area contributed by atoms with Crippen molar-refractivity contribution >= 4 is 46.1 Å². The molecule has 124 valence electrons. The van der Waals surface area contributed by atoms with Gasteiger partial charge in [0.05, 0.1) is 6.26 Å². The van der Waals surface area contributed by atoms with Gasteiger partial charge < -0.3 is 8.83 Å². The summed E-state index contributed by atoms with van der Waals surface area (Å²) in [4.78, 5) is 27.8. The molecule has 0 aliphatic rings. The van der Waals surface area contributed by atoms with Crippen LogP contribution in [0.5, 0.6) is 0 Å². The number of nitrogens with one attached hydrogen (secondary N) is 2. The molecule has 0 saturated heterocycles. The van der Waals surface area contributed by atoms with E-state index in [2.05, 4.69) is 25.8 Å². The molecule has 0 aliphatic heterocycles. The molecule has 0 aromatic carbocycles. The zero-order valence-electron chi connectivity index (χ0n) is 12.3. The van der Waals surface area contributed by atoms with Crippen molar-refractivity contribution < 1.29 is 18.4 Å². The first kappa shape index (κ1) is 16.2. The van der Waals surface area contributed by atoms with Gasteiger partial charge in [-0.25, -0.2) is 0 Å². The van der Waals surface area contributed by atoms with E-state index in [-0.39, 0.29) is 17.5 Å². The number of amides is 2. The minimum absolute atomic E-state index is 0.00430. The molecule has 2 N–H and O–H groups in total. The van der Waals surface area contributed by atoms with Crippen LogP contribution in [0.15, 0.2) is 37.8 Å². The van der Waals surface area contributed by atoms with Crippen molar-refractivity contribution in [3.63, 3.8) is 0 Å². The SMILES string of the molecule is CCSc1nnc(NC(=O)c2coc(NC(=O)c3ccco3)n2)s1. The Balaban J connectivity index is 1.61. The van der Waals surface area contributed by atoms with E-state index in [1.807, 2.05) is 6.92 Å². The maximum Gasteiger partial charge on any atom is 0.302 e. The average molecular weight is 365 g/mol. The van der Waals surface area contributed by atoms with Gasteiger partial charge in [0.1, 0.15) is 6.26 Å². The van der Waals surface area contributed by atoms with E-state index in [0.29, 0.717) is 5.13 Å². The highest BCUT2D eigenvalue weighted by atomic mass is 32.2. The Hall–Kier alpha value is -2.66. The third-order valence-corrected chi connectivity index (χ3v) is 4.45. The van der Waals surface area contributed by atoms with E-state index < -0.39 is 11.8 Å². The maximum absolute atomic E-state index is 12.1. The van der Waals surface area contributed by atoms with Gasteiger partial charge in [0.15, 0.2) is 15.8 Å². The summed E-state index contributed by atoms with van der Waals surface area (Å²) in [6, 6.07) is 2.96. The van der Waals surface area contributed by atoms with Crippen LogP contribution in [0.2, 0.25) is 0 Å². The summed E-state index contributed by atoms with van der Waals surface area (Å²) < 4.78 is 10.8. The van der Waals surface area contributed by atoms with Crippen LogP contribution in [-0.4, -0.2) is 32.7 Å². The number of nitrogens with zero attached hydrogens (tertiary/aromatic N) is 3. The molecule has 3 aromatic heterocycles. The molecule has 3 aromatic rings. The fourth-order valence-corrected chi connectivity index (χ4v) is 3.25. The molecule has 0 saturated carbocycles. The van der Waals surface area contributed by atoms with Crippen molar-refractivity contribution in [1.82, 2.24) is 15.2 Å². The molecule has 3 heterocycles. The zero-order chi connectivity index (χ0) is 16.9. The first-order chi connectivity index (χ1) is 11.7. The van der Waals surface area contributed by atoms with Crippen molar-refractivity contribution in [3.05, 3.63) is 36.1 Å². The second-order valence-electron chi connectivity index (χ2n) is 4.23. The largest absolute Gasteiger partial charge is 0.459 e. The fraction of sp³-hybridized carbons (Fsp3) is 0.154. The highest BCUT2D eigenvalue weighted by molar-refractivity contribution is 8.01. The van der Waals surface area contributed by atoms with E-state index in [0.717, 1.165) is 16.4 Å². The zero-order valence-corrected chi connectivity index (χ0v) is 13.9. The lowest BCUT2D eigenvalue weighted by atomic mass is 10.4. The smallest absolute Gasteiger partial charge is 0.302 e. The average Bonchev–Trinajstić information content (AvgIpc) is 3.28. The Kier molecular flexibility index (Phi) is 4.91. The summed E-state index contributed by atoms with van der Waals surface area (Å²) >= 11 is 2.80. The molecular weight excluding hydrogens is 354 g/mol. The summed E-state index contributed by atoms with van der Waals surface area (Å²) in [6.07, 6.45) is 2.51. The minimum atomic E-state index is -0.529. The number of hydrogen-bond donors (Lipinski definition) is 2. The van der Waals surface area contributed by atoms with Gasteiger partial charge in [-0.15, -0.1) is 10.2 Å². The summed E-state index contributed by atoms with van der Waals surface area (Å²) in [5, 5.41) is 13.1. The van der Waals surface area contributed by atoms with E-state index >= 15 is 0 Å². The van der Waals surface area contributed by atoms with Gasteiger partial charge >= 0.3 is 6.01 Å². The van der Waals surface area contributed by atoms with Gasteiger partial charge in [0.2, 0.25) is 5.13 Å². The van der Waals surface area contributed by atoms with Gasteiger partial charge in [0.25, 0.3) is 11.8 Å². The fourth-order valence-electron chi connectivity index (χ4n) is 1.61. The lowest BCUT2D eigenvalue weighted by molar-refractivity contribution is 0.0990. The Morgan fingerprint density at radius 2 is 2.12 bits per heavy atom. The molecule has 0 atom stereocenters. The molecule has 24 heavy (non-hydrogen) atoms. The predicted octanol–water partition coefficient (Wildman–Crippen LogP) is 2.74. The van der Waals surface area contributed by atoms with E-state index in [4.69, 9.17) is 8.83 Å². The number of anilines is 2. The molecule has 9 nitrogen and oxygen atoms in total.